The molecule has 3 heterocycles. The van der Waals surface area contributed by atoms with Gasteiger partial charge in [0.25, 0.3) is 0 Å². The Morgan fingerprint density at radius 2 is 1.50 bits per heavy atom. The molecule has 0 atom stereocenters. The fourth-order valence-corrected chi connectivity index (χ4v) is 3.87. The number of benzene rings is 1. The predicted octanol–water partition coefficient (Wildman–Crippen LogP) is 3.76. The van der Waals surface area contributed by atoms with Crippen LogP contribution in [0.25, 0.3) is 0 Å². The third kappa shape index (κ3) is 4.26. The van der Waals surface area contributed by atoms with E-state index >= 15 is 0 Å². The minimum atomic E-state index is 0.620. The number of hydrogen-bond acceptors (Lipinski definition) is 5. The van der Waals surface area contributed by atoms with Gasteiger partial charge < -0.3 is 14.5 Å². The highest BCUT2D eigenvalue weighted by atomic mass is 16.5. The van der Waals surface area contributed by atoms with E-state index in [1.54, 1.807) is 6.33 Å². The zero-order valence-corrected chi connectivity index (χ0v) is 15.4. The number of hydrogen-bond donors (Lipinski definition) is 0. The normalized spacial score (nSPS) is 18.8. The second kappa shape index (κ2) is 8.39. The van der Waals surface area contributed by atoms with Gasteiger partial charge in [0.1, 0.15) is 23.7 Å². The average molecular weight is 352 g/mol. The van der Waals surface area contributed by atoms with Crippen molar-refractivity contribution in [3.05, 3.63) is 42.7 Å². The van der Waals surface area contributed by atoms with Crippen LogP contribution in [0.5, 0.6) is 5.75 Å². The van der Waals surface area contributed by atoms with Crippen molar-refractivity contribution in [3.8, 4) is 5.75 Å². The molecule has 0 spiro atoms. The van der Waals surface area contributed by atoms with E-state index in [0.717, 1.165) is 63.0 Å². The second-order valence-corrected chi connectivity index (χ2v) is 7.34. The topological polar surface area (TPSA) is 41.5 Å². The van der Waals surface area contributed by atoms with Gasteiger partial charge in [-0.05, 0) is 50.2 Å². The fraction of sp³-hybridized carbons (Fsp3) is 0.524. The van der Waals surface area contributed by atoms with Crippen molar-refractivity contribution in [2.75, 3.05) is 42.6 Å². The first-order chi connectivity index (χ1) is 12.9. The van der Waals surface area contributed by atoms with Gasteiger partial charge in [0.2, 0.25) is 0 Å². The second-order valence-electron chi connectivity index (χ2n) is 7.34. The summed E-state index contributed by atoms with van der Waals surface area (Å²) in [5.74, 6) is 3.75. The maximum absolute atomic E-state index is 5.93. The average Bonchev–Trinajstić information content (AvgIpc) is 2.74. The van der Waals surface area contributed by atoms with Crippen LogP contribution in [0, 0.1) is 5.92 Å². The molecule has 5 nitrogen and oxygen atoms in total. The number of aromatic nitrogens is 2. The Morgan fingerprint density at radius 3 is 2.19 bits per heavy atom. The first-order valence-corrected chi connectivity index (χ1v) is 9.88. The van der Waals surface area contributed by atoms with Crippen molar-refractivity contribution >= 4 is 11.6 Å². The third-order valence-electron chi connectivity index (χ3n) is 5.49. The van der Waals surface area contributed by atoms with Crippen LogP contribution < -0.4 is 14.5 Å². The van der Waals surface area contributed by atoms with Crippen molar-refractivity contribution in [2.24, 2.45) is 5.92 Å². The van der Waals surface area contributed by atoms with E-state index in [9.17, 15) is 0 Å². The highest BCUT2D eigenvalue weighted by Crippen LogP contribution is 2.25. The van der Waals surface area contributed by atoms with Crippen LogP contribution >= 0.6 is 0 Å². The number of para-hydroxylation sites is 1. The molecule has 0 radical (unpaired) electrons. The van der Waals surface area contributed by atoms with Gasteiger partial charge in [-0.3, -0.25) is 0 Å². The van der Waals surface area contributed by atoms with E-state index in [0.29, 0.717) is 5.92 Å². The maximum Gasteiger partial charge on any atom is 0.134 e. The monoisotopic (exact) mass is 352 g/mol. The molecule has 0 aliphatic carbocycles. The van der Waals surface area contributed by atoms with Crippen molar-refractivity contribution < 1.29 is 4.74 Å². The summed E-state index contributed by atoms with van der Waals surface area (Å²) in [6, 6.07) is 12.3. The summed E-state index contributed by atoms with van der Waals surface area (Å²) in [6.07, 6.45) is 7.90. The van der Waals surface area contributed by atoms with Crippen LogP contribution in [-0.4, -0.2) is 42.8 Å². The third-order valence-corrected chi connectivity index (χ3v) is 5.49. The highest BCUT2D eigenvalue weighted by Gasteiger charge is 2.22. The Labute approximate surface area is 156 Å². The number of piperidine rings is 2. The van der Waals surface area contributed by atoms with E-state index in [2.05, 4.69) is 25.8 Å². The summed E-state index contributed by atoms with van der Waals surface area (Å²) in [4.78, 5) is 13.8. The molecule has 0 N–H and O–H groups in total. The maximum atomic E-state index is 5.93. The lowest BCUT2D eigenvalue weighted by Gasteiger charge is -2.33. The lowest BCUT2D eigenvalue weighted by molar-refractivity contribution is 0.222. The lowest BCUT2D eigenvalue weighted by Crippen LogP contribution is -2.36. The van der Waals surface area contributed by atoms with E-state index in [1.165, 1.54) is 19.3 Å². The van der Waals surface area contributed by atoms with Crippen molar-refractivity contribution in [3.63, 3.8) is 0 Å². The van der Waals surface area contributed by atoms with Crippen LogP contribution in [0.2, 0.25) is 0 Å². The molecule has 1 aromatic carbocycles. The quantitative estimate of drug-likeness (QED) is 0.819. The van der Waals surface area contributed by atoms with Gasteiger partial charge in [0.05, 0.1) is 6.61 Å². The molecule has 0 saturated carbocycles. The molecule has 2 aliphatic heterocycles. The zero-order valence-electron chi connectivity index (χ0n) is 15.4. The van der Waals surface area contributed by atoms with Crippen LogP contribution in [0.15, 0.2) is 42.7 Å². The lowest BCUT2D eigenvalue weighted by atomic mass is 9.98. The van der Waals surface area contributed by atoms with E-state index in [1.807, 2.05) is 30.3 Å². The molecule has 1 aromatic heterocycles. The fourth-order valence-electron chi connectivity index (χ4n) is 3.87. The van der Waals surface area contributed by atoms with Gasteiger partial charge in [0, 0.05) is 32.2 Å². The van der Waals surface area contributed by atoms with E-state index in [4.69, 9.17) is 4.74 Å². The molecule has 5 heteroatoms. The number of nitrogens with zero attached hydrogens (tertiary/aromatic N) is 4. The van der Waals surface area contributed by atoms with Crippen molar-refractivity contribution in [1.29, 1.82) is 0 Å². The molecule has 0 unspecified atom stereocenters. The highest BCUT2D eigenvalue weighted by molar-refractivity contribution is 5.50. The smallest absolute Gasteiger partial charge is 0.134 e. The molecule has 2 fully saturated rings. The summed E-state index contributed by atoms with van der Waals surface area (Å²) in [5.41, 5.74) is 0. The predicted molar refractivity (Wildman–Crippen MR) is 105 cm³/mol. The summed E-state index contributed by atoms with van der Waals surface area (Å²) in [5, 5.41) is 0. The molecular weight excluding hydrogens is 324 g/mol. The van der Waals surface area contributed by atoms with Gasteiger partial charge in [-0.2, -0.15) is 0 Å². The van der Waals surface area contributed by atoms with Gasteiger partial charge in [-0.1, -0.05) is 18.2 Å². The molecule has 26 heavy (non-hydrogen) atoms. The Morgan fingerprint density at radius 1 is 0.846 bits per heavy atom. The number of anilines is 2. The number of ether oxygens (including phenoxy) is 1. The Bertz CT molecular complexity index is 679. The van der Waals surface area contributed by atoms with Gasteiger partial charge in [0.15, 0.2) is 0 Å². The molecular formula is C21H28N4O. The first kappa shape index (κ1) is 17.1. The summed E-state index contributed by atoms with van der Waals surface area (Å²) in [6.45, 7) is 5.13. The van der Waals surface area contributed by atoms with E-state index in [-0.39, 0.29) is 0 Å². The van der Waals surface area contributed by atoms with Crippen LogP contribution in [0.4, 0.5) is 11.6 Å². The molecule has 2 aromatic rings. The molecule has 0 bridgehead atoms. The number of rotatable bonds is 5. The van der Waals surface area contributed by atoms with Crippen LogP contribution in [0.3, 0.4) is 0 Å². The minimum absolute atomic E-state index is 0.620. The van der Waals surface area contributed by atoms with Crippen molar-refractivity contribution in [1.82, 2.24) is 9.97 Å². The standard InChI is InChI=1S/C21H28N4O/c1-3-7-19(8-4-1)26-16-18-9-13-25(14-10-18)21-15-20(22-17-23-21)24-11-5-2-6-12-24/h1,3-4,7-8,15,17-18H,2,5-6,9-14,16H2. The molecule has 4 rings (SSSR count). The van der Waals surface area contributed by atoms with Crippen molar-refractivity contribution in [2.45, 2.75) is 32.1 Å². The van der Waals surface area contributed by atoms with Crippen LogP contribution in [-0.2, 0) is 0 Å². The van der Waals surface area contributed by atoms with Gasteiger partial charge in [-0.15, -0.1) is 0 Å². The summed E-state index contributed by atoms with van der Waals surface area (Å²) < 4.78 is 5.93. The SMILES string of the molecule is c1ccc(OCC2CCN(c3cc(N4CCCCC4)ncn3)CC2)cc1. The van der Waals surface area contributed by atoms with Gasteiger partial charge in [-0.25, -0.2) is 9.97 Å². The largest absolute Gasteiger partial charge is 0.493 e. The summed E-state index contributed by atoms with van der Waals surface area (Å²) in [7, 11) is 0. The molecule has 2 aliphatic rings. The Kier molecular flexibility index (Phi) is 5.53. The molecule has 0 amide bonds. The van der Waals surface area contributed by atoms with Crippen LogP contribution in [0.1, 0.15) is 32.1 Å². The summed E-state index contributed by atoms with van der Waals surface area (Å²) >= 11 is 0. The van der Waals surface area contributed by atoms with Gasteiger partial charge >= 0.3 is 0 Å². The Balaban J connectivity index is 1.30. The minimum Gasteiger partial charge on any atom is -0.493 e. The molecule has 138 valence electrons. The molecule has 2 saturated heterocycles. The Hall–Kier alpha value is -2.30. The first-order valence-electron chi connectivity index (χ1n) is 9.88. The van der Waals surface area contributed by atoms with E-state index < -0.39 is 0 Å². The zero-order chi connectivity index (χ0) is 17.6.